The fourth-order valence-corrected chi connectivity index (χ4v) is 4.25. The highest BCUT2D eigenvalue weighted by Gasteiger charge is 2.23. The number of nitrogens with one attached hydrogen (secondary N) is 1. The van der Waals surface area contributed by atoms with E-state index in [0.717, 1.165) is 5.39 Å². The summed E-state index contributed by atoms with van der Waals surface area (Å²) in [6.07, 6.45) is 3.25. The maximum Gasteiger partial charge on any atom is 0.264 e. The van der Waals surface area contributed by atoms with Crippen molar-refractivity contribution in [1.29, 1.82) is 0 Å². The van der Waals surface area contributed by atoms with E-state index in [1.807, 2.05) is 61.5 Å². The number of rotatable bonds is 4. The summed E-state index contributed by atoms with van der Waals surface area (Å²) in [5.41, 5.74) is 8.33. The quantitative estimate of drug-likeness (QED) is 0.398. The Morgan fingerprint density at radius 3 is 2.69 bits per heavy atom. The summed E-state index contributed by atoms with van der Waals surface area (Å²) in [5.74, 6) is 5.56. The van der Waals surface area contributed by atoms with Gasteiger partial charge in [0.25, 0.3) is 11.5 Å². The number of para-hydroxylation sites is 1. The Morgan fingerprint density at radius 2 is 1.91 bits per heavy atom. The number of pyridine rings is 1. The first-order valence-corrected chi connectivity index (χ1v) is 11.1. The lowest BCUT2D eigenvalue weighted by Gasteiger charge is -2.21. The van der Waals surface area contributed by atoms with E-state index in [2.05, 4.69) is 27.2 Å². The molecule has 1 atom stereocenters. The van der Waals surface area contributed by atoms with Crippen molar-refractivity contribution in [2.45, 2.75) is 19.9 Å². The molecule has 5 rings (SSSR count). The first-order chi connectivity index (χ1) is 17.0. The number of aromatic nitrogens is 4. The van der Waals surface area contributed by atoms with Crippen LogP contribution in [0.4, 0.5) is 5.82 Å². The number of benzene rings is 2. The highest BCUT2D eigenvalue weighted by molar-refractivity contribution is 6.04. The molecule has 5 aromatic rings. The fourth-order valence-electron chi connectivity index (χ4n) is 4.25. The Labute approximate surface area is 201 Å². The van der Waals surface area contributed by atoms with Crippen LogP contribution in [0.25, 0.3) is 22.1 Å². The molecule has 0 fully saturated rings. The van der Waals surface area contributed by atoms with Gasteiger partial charge in [0.1, 0.15) is 5.56 Å². The minimum atomic E-state index is -0.543. The zero-order valence-electron chi connectivity index (χ0n) is 19.2. The smallest absolute Gasteiger partial charge is 0.264 e. The number of amides is 1. The molecule has 3 N–H and O–H groups in total. The highest BCUT2D eigenvalue weighted by atomic mass is 16.2. The van der Waals surface area contributed by atoms with Crippen LogP contribution in [-0.2, 0) is 0 Å². The topological polar surface area (TPSA) is 107 Å². The number of nitrogens with two attached hydrogens (primary N) is 1. The third kappa shape index (κ3) is 3.79. The van der Waals surface area contributed by atoms with E-state index in [0.29, 0.717) is 28.0 Å². The first kappa shape index (κ1) is 21.9. The van der Waals surface area contributed by atoms with Crippen LogP contribution >= 0.6 is 0 Å². The van der Waals surface area contributed by atoms with Crippen molar-refractivity contribution in [3.8, 4) is 17.5 Å². The van der Waals surface area contributed by atoms with E-state index in [-0.39, 0.29) is 16.9 Å². The van der Waals surface area contributed by atoms with E-state index in [9.17, 15) is 9.59 Å². The van der Waals surface area contributed by atoms with Gasteiger partial charge in [-0.05, 0) is 49.6 Å². The zero-order valence-corrected chi connectivity index (χ0v) is 19.2. The van der Waals surface area contributed by atoms with E-state index >= 15 is 0 Å². The average Bonchev–Trinajstić information content (AvgIpc) is 3.20. The molecule has 0 radical (unpaired) electrons. The second kappa shape index (κ2) is 8.80. The molecule has 0 saturated carbocycles. The molecule has 172 valence electrons. The predicted molar refractivity (Wildman–Crippen MR) is 135 cm³/mol. The molecule has 2 aromatic carbocycles. The lowest BCUT2D eigenvalue weighted by atomic mass is 10.0. The average molecular weight is 463 g/mol. The van der Waals surface area contributed by atoms with Crippen LogP contribution in [0.15, 0.2) is 77.9 Å². The minimum absolute atomic E-state index is 0.0788. The van der Waals surface area contributed by atoms with Crippen LogP contribution in [0.5, 0.6) is 0 Å². The number of anilines is 1. The maximum absolute atomic E-state index is 13.8. The van der Waals surface area contributed by atoms with Crippen molar-refractivity contribution in [1.82, 2.24) is 24.5 Å². The monoisotopic (exact) mass is 462 g/mol. The van der Waals surface area contributed by atoms with Gasteiger partial charge in [-0.3, -0.25) is 14.2 Å². The van der Waals surface area contributed by atoms with Crippen molar-refractivity contribution < 1.29 is 4.79 Å². The van der Waals surface area contributed by atoms with Crippen molar-refractivity contribution >= 4 is 28.1 Å². The molecule has 3 heterocycles. The van der Waals surface area contributed by atoms with Gasteiger partial charge in [-0.25, -0.2) is 9.50 Å². The molecular formula is C27H22N6O2. The van der Waals surface area contributed by atoms with Crippen LogP contribution in [-0.4, -0.2) is 25.1 Å². The van der Waals surface area contributed by atoms with Crippen molar-refractivity contribution in [3.05, 3.63) is 100 Å². The minimum Gasteiger partial charge on any atom is -0.381 e. The highest BCUT2D eigenvalue weighted by Crippen LogP contribution is 2.24. The lowest BCUT2D eigenvalue weighted by Crippen LogP contribution is -2.32. The number of fused-ring (bicyclic) bond motifs is 2. The van der Waals surface area contributed by atoms with Gasteiger partial charge in [-0.2, -0.15) is 0 Å². The molecule has 0 saturated heterocycles. The fraction of sp³-hybridized carbons (Fsp3) is 0.111. The standard InChI is InChI=1S/C27H22N6O2/c1-3-9-18-10-7-11-19-16-21(33(27(35)22(18)19)20-12-5-4-6-13-20)17(2)30-26(34)23-24(28)31-32-15-8-14-29-25(23)32/h4-8,10-17H,1-2H3,(H2,28,31)(H,30,34)/t17-/m0/s1. The van der Waals surface area contributed by atoms with Gasteiger partial charge in [0, 0.05) is 29.3 Å². The Kier molecular flexibility index (Phi) is 5.51. The Bertz CT molecular complexity index is 1710. The van der Waals surface area contributed by atoms with E-state index < -0.39 is 11.9 Å². The molecule has 1 amide bonds. The largest absolute Gasteiger partial charge is 0.381 e. The Morgan fingerprint density at radius 1 is 1.11 bits per heavy atom. The summed E-state index contributed by atoms with van der Waals surface area (Å²) < 4.78 is 3.08. The summed E-state index contributed by atoms with van der Waals surface area (Å²) >= 11 is 0. The van der Waals surface area contributed by atoms with Gasteiger partial charge in [-0.1, -0.05) is 36.3 Å². The Hall–Kier alpha value is -4.90. The third-order valence-electron chi connectivity index (χ3n) is 5.79. The normalized spacial score (nSPS) is 11.7. The van der Waals surface area contributed by atoms with E-state index in [1.165, 1.54) is 4.52 Å². The SMILES string of the molecule is CC#Cc1cccc2cc([C@H](C)NC(=O)c3c(N)nn4cccnc34)n(-c3ccccc3)c(=O)c12. The van der Waals surface area contributed by atoms with Gasteiger partial charge in [-0.15, -0.1) is 11.0 Å². The molecule has 0 unspecified atom stereocenters. The van der Waals surface area contributed by atoms with Gasteiger partial charge in [0.15, 0.2) is 11.5 Å². The first-order valence-electron chi connectivity index (χ1n) is 11.1. The summed E-state index contributed by atoms with van der Waals surface area (Å²) in [4.78, 5) is 31.3. The van der Waals surface area contributed by atoms with Crippen molar-refractivity contribution in [3.63, 3.8) is 0 Å². The number of hydrogen-bond acceptors (Lipinski definition) is 5. The maximum atomic E-state index is 13.8. The van der Waals surface area contributed by atoms with Crippen LogP contribution in [0.1, 0.15) is 41.5 Å². The Balaban J connectivity index is 1.66. The second-order valence-electron chi connectivity index (χ2n) is 8.03. The van der Waals surface area contributed by atoms with Crippen LogP contribution < -0.4 is 16.6 Å². The van der Waals surface area contributed by atoms with E-state index in [4.69, 9.17) is 5.73 Å². The molecule has 35 heavy (non-hydrogen) atoms. The summed E-state index contributed by atoms with van der Waals surface area (Å²) in [6, 6.07) is 18.0. The van der Waals surface area contributed by atoms with E-state index in [1.54, 1.807) is 30.0 Å². The number of carbonyl (C=O) groups excluding carboxylic acids is 1. The molecule has 3 aromatic heterocycles. The molecule has 0 spiro atoms. The molecule has 8 heteroatoms. The third-order valence-corrected chi connectivity index (χ3v) is 5.79. The van der Waals surface area contributed by atoms with Crippen LogP contribution in [0.3, 0.4) is 0 Å². The van der Waals surface area contributed by atoms with Gasteiger partial charge >= 0.3 is 0 Å². The number of hydrogen-bond donors (Lipinski definition) is 2. The predicted octanol–water partition coefficient (Wildman–Crippen LogP) is 3.48. The van der Waals surface area contributed by atoms with Crippen molar-refractivity contribution in [2.24, 2.45) is 0 Å². The summed E-state index contributed by atoms with van der Waals surface area (Å²) in [7, 11) is 0. The molecule has 0 bridgehead atoms. The van der Waals surface area contributed by atoms with Gasteiger partial charge in [0.2, 0.25) is 0 Å². The number of nitrogen functional groups attached to an aromatic ring is 1. The van der Waals surface area contributed by atoms with Gasteiger partial charge < -0.3 is 11.1 Å². The molecular weight excluding hydrogens is 440 g/mol. The molecule has 0 aliphatic carbocycles. The lowest BCUT2D eigenvalue weighted by molar-refractivity contribution is 0.0941. The number of carbonyl (C=O) groups is 1. The summed E-state index contributed by atoms with van der Waals surface area (Å²) in [6.45, 7) is 3.56. The summed E-state index contributed by atoms with van der Waals surface area (Å²) in [5, 5.41) is 8.42. The van der Waals surface area contributed by atoms with Crippen LogP contribution in [0.2, 0.25) is 0 Å². The van der Waals surface area contributed by atoms with Crippen LogP contribution in [0, 0.1) is 11.8 Å². The molecule has 8 nitrogen and oxygen atoms in total. The van der Waals surface area contributed by atoms with Gasteiger partial charge in [0.05, 0.1) is 11.4 Å². The second-order valence-corrected chi connectivity index (χ2v) is 8.03. The zero-order chi connectivity index (χ0) is 24.5. The van der Waals surface area contributed by atoms with Crippen molar-refractivity contribution in [2.75, 3.05) is 5.73 Å². The molecule has 0 aliphatic rings. The molecule has 0 aliphatic heterocycles. The number of nitrogens with zero attached hydrogens (tertiary/aromatic N) is 4.